The van der Waals surface area contributed by atoms with E-state index >= 15 is 0 Å². The molecule has 4 rings (SSSR count). The zero-order chi connectivity index (χ0) is 21.3. The average molecular weight is 441 g/mol. The Morgan fingerprint density at radius 3 is 2.60 bits per heavy atom. The van der Waals surface area contributed by atoms with Gasteiger partial charge >= 0.3 is 0 Å². The van der Waals surface area contributed by atoms with Gasteiger partial charge in [-0.25, -0.2) is 13.4 Å². The quantitative estimate of drug-likeness (QED) is 0.476. The van der Waals surface area contributed by atoms with Gasteiger partial charge in [-0.3, -0.25) is 9.52 Å². The average Bonchev–Trinajstić information content (AvgIpc) is 3.26. The summed E-state index contributed by atoms with van der Waals surface area (Å²) >= 11 is 1.35. The Labute approximate surface area is 178 Å². The summed E-state index contributed by atoms with van der Waals surface area (Å²) in [5.41, 5.74) is 4.09. The first-order chi connectivity index (χ1) is 14.3. The molecule has 2 N–H and O–H groups in total. The monoisotopic (exact) mass is 440 g/mol. The Bertz CT molecular complexity index is 1320. The van der Waals surface area contributed by atoms with Crippen LogP contribution >= 0.6 is 11.3 Å². The Hall–Kier alpha value is -3.17. The van der Waals surface area contributed by atoms with Crippen molar-refractivity contribution in [2.45, 2.75) is 6.42 Å². The number of aryl methyl sites for hydroxylation is 1. The summed E-state index contributed by atoms with van der Waals surface area (Å²) < 4.78 is 27.0. The Kier molecular flexibility index (Phi) is 5.31. The Balaban J connectivity index is 1.44. The second-order valence-electron chi connectivity index (χ2n) is 7.00. The topological polar surface area (TPSA) is 93.1 Å². The van der Waals surface area contributed by atoms with Crippen LogP contribution in [0, 0.1) is 0 Å². The molecule has 0 unspecified atom stereocenters. The Morgan fingerprint density at radius 2 is 1.87 bits per heavy atom. The highest BCUT2D eigenvalue weighted by atomic mass is 32.2. The highest BCUT2D eigenvalue weighted by Crippen LogP contribution is 2.27. The van der Waals surface area contributed by atoms with Crippen molar-refractivity contribution in [1.82, 2.24) is 9.55 Å². The maximum absolute atomic E-state index is 12.5. The molecule has 0 atom stereocenters. The van der Waals surface area contributed by atoms with Crippen LogP contribution in [-0.2, 0) is 28.3 Å². The second-order valence-corrected chi connectivity index (χ2v) is 9.60. The van der Waals surface area contributed by atoms with Crippen LogP contribution in [0.25, 0.3) is 22.2 Å². The molecular formula is C21H20N4O3S2. The third-order valence-corrected chi connectivity index (χ3v) is 5.93. The van der Waals surface area contributed by atoms with Crippen molar-refractivity contribution in [1.29, 1.82) is 0 Å². The molecule has 7 nitrogen and oxygen atoms in total. The minimum atomic E-state index is -3.31. The molecule has 154 valence electrons. The fourth-order valence-corrected chi connectivity index (χ4v) is 4.59. The molecule has 0 saturated carbocycles. The van der Waals surface area contributed by atoms with E-state index in [1.807, 2.05) is 47.5 Å². The fourth-order valence-electron chi connectivity index (χ4n) is 3.29. The van der Waals surface area contributed by atoms with Gasteiger partial charge in [0.25, 0.3) is 0 Å². The van der Waals surface area contributed by atoms with Crippen LogP contribution in [-0.4, -0.2) is 30.1 Å². The van der Waals surface area contributed by atoms with Gasteiger partial charge in [0.15, 0.2) is 5.13 Å². The predicted molar refractivity (Wildman–Crippen MR) is 121 cm³/mol. The third-order valence-electron chi connectivity index (χ3n) is 4.56. The SMILES string of the molecule is Cn1cc(CC(=O)Nc2nc(-c3ccc(NS(C)(=O)=O)cc3)cs2)c2ccccc21. The van der Waals surface area contributed by atoms with E-state index in [2.05, 4.69) is 15.0 Å². The first-order valence-corrected chi connectivity index (χ1v) is 11.9. The number of fused-ring (bicyclic) bond motifs is 1. The Morgan fingerprint density at radius 1 is 1.13 bits per heavy atom. The lowest BCUT2D eigenvalue weighted by Crippen LogP contribution is -2.14. The molecule has 0 fully saturated rings. The summed E-state index contributed by atoms with van der Waals surface area (Å²) in [7, 11) is -1.35. The number of sulfonamides is 1. The molecule has 9 heteroatoms. The highest BCUT2D eigenvalue weighted by Gasteiger charge is 2.13. The minimum Gasteiger partial charge on any atom is -0.350 e. The van der Waals surface area contributed by atoms with E-state index in [1.165, 1.54) is 11.3 Å². The normalized spacial score (nSPS) is 11.5. The molecule has 2 aromatic heterocycles. The molecule has 0 aliphatic heterocycles. The van der Waals surface area contributed by atoms with Crippen molar-refractivity contribution in [3.63, 3.8) is 0 Å². The summed E-state index contributed by atoms with van der Waals surface area (Å²) in [5.74, 6) is -0.125. The number of carbonyl (C=O) groups is 1. The zero-order valence-electron chi connectivity index (χ0n) is 16.4. The summed E-state index contributed by atoms with van der Waals surface area (Å²) in [6.07, 6.45) is 3.35. The van der Waals surface area contributed by atoms with Crippen LogP contribution in [0.5, 0.6) is 0 Å². The summed E-state index contributed by atoms with van der Waals surface area (Å²) in [6.45, 7) is 0. The molecule has 0 spiro atoms. The van der Waals surface area contributed by atoms with Gasteiger partial charge in [-0.1, -0.05) is 30.3 Å². The molecule has 1 amide bonds. The number of nitrogens with zero attached hydrogens (tertiary/aromatic N) is 2. The number of hydrogen-bond donors (Lipinski definition) is 2. The van der Waals surface area contributed by atoms with E-state index in [0.717, 1.165) is 28.3 Å². The molecular weight excluding hydrogens is 420 g/mol. The van der Waals surface area contributed by atoms with Gasteiger partial charge in [-0.05, 0) is 23.8 Å². The number of aromatic nitrogens is 2. The van der Waals surface area contributed by atoms with E-state index < -0.39 is 10.0 Å². The molecule has 0 aliphatic rings. The van der Waals surface area contributed by atoms with Crippen molar-refractivity contribution in [2.75, 3.05) is 16.3 Å². The van der Waals surface area contributed by atoms with E-state index in [0.29, 0.717) is 16.5 Å². The number of para-hydroxylation sites is 1. The lowest BCUT2D eigenvalue weighted by molar-refractivity contribution is -0.115. The van der Waals surface area contributed by atoms with Gasteiger partial charge in [0.05, 0.1) is 18.4 Å². The number of nitrogens with one attached hydrogen (secondary N) is 2. The highest BCUT2D eigenvalue weighted by molar-refractivity contribution is 7.92. The van der Waals surface area contributed by atoms with Crippen LogP contribution in [0.4, 0.5) is 10.8 Å². The fraction of sp³-hybridized carbons (Fsp3) is 0.143. The first kappa shape index (κ1) is 20.1. The van der Waals surface area contributed by atoms with Crippen LogP contribution < -0.4 is 10.0 Å². The third kappa shape index (κ3) is 4.52. The predicted octanol–water partition coefficient (Wildman–Crippen LogP) is 3.85. The molecule has 0 aliphatic carbocycles. The number of benzene rings is 2. The second kappa shape index (κ2) is 7.92. The van der Waals surface area contributed by atoms with Gasteiger partial charge in [0.2, 0.25) is 15.9 Å². The lowest BCUT2D eigenvalue weighted by Gasteiger charge is -2.04. The van der Waals surface area contributed by atoms with Crippen LogP contribution in [0.1, 0.15) is 5.56 Å². The molecule has 0 bridgehead atoms. The van der Waals surface area contributed by atoms with E-state index in [4.69, 9.17) is 0 Å². The van der Waals surface area contributed by atoms with Crippen molar-refractivity contribution in [3.05, 3.63) is 65.7 Å². The van der Waals surface area contributed by atoms with Crippen molar-refractivity contribution < 1.29 is 13.2 Å². The van der Waals surface area contributed by atoms with Crippen molar-refractivity contribution >= 4 is 49.0 Å². The van der Waals surface area contributed by atoms with E-state index in [9.17, 15) is 13.2 Å². The molecule has 2 aromatic carbocycles. The van der Waals surface area contributed by atoms with Crippen LogP contribution in [0.3, 0.4) is 0 Å². The van der Waals surface area contributed by atoms with E-state index in [-0.39, 0.29) is 12.3 Å². The number of amides is 1. The lowest BCUT2D eigenvalue weighted by atomic mass is 10.1. The number of rotatable bonds is 6. The number of hydrogen-bond acceptors (Lipinski definition) is 5. The maximum Gasteiger partial charge on any atom is 0.230 e. The van der Waals surface area contributed by atoms with Crippen LogP contribution in [0.15, 0.2) is 60.1 Å². The van der Waals surface area contributed by atoms with Gasteiger partial charge in [-0.2, -0.15) is 0 Å². The van der Waals surface area contributed by atoms with Gasteiger partial charge < -0.3 is 9.88 Å². The van der Waals surface area contributed by atoms with Crippen molar-refractivity contribution in [2.24, 2.45) is 7.05 Å². The zero-order valence-corrected chi connectivity index (χ0v) is 18.0. The summed E-state index contributed by atoms with van der Waals surface area (Å²) in [6, 6.07) is 14.9. The molecule has 2 heterocycles. The number of anilines is 2. The molecule has 0 saturated heterocycles. The maximum atomic E-state index is 12.5. The summed E-state index contributed by atoms with van der Waals surface area (Å²) in [5, 5.41) is 6.31. The van der Waals surface area contributed by atoms with Gasteiger partial charge in [0.1, 0.15) is 0 Å². The molecule has 0 radical (unpaired) electrons. The molecule has 30 heavy (non-hydrogen) atoms. The van der Waals surface area contributed by atoms with Gasteiger partial charge in [0, 0.05) is 40.8 Å². The smallest absolute Gasteiger partial charge is 0.230 e. The number of carbonyl (C=O) groups excluding carboxylic acids is 1. The standard InChI is InChI=1S/C21H20N4O3S2/c1-25-12-15(17-5-3-4-6-19(17)25)11-20(26)23-21-22-18(13-29-21)14-7-9-16(10-8-14)24-30(2,27)28/h3-10,12-13,24H,11H2,1-2H3,(H,22,23,26). The van der Waals surface area contributed by atoms with Gasteiger partial charge in [-0.15, -0.1) is 11.3 Å². The number of thiazole rings is 1. The largest absolute Gasteiger partial charge is 0.350 e. The summed E-state index contributed by atoms with van der Waals surface area (Å²) in [4.78, 5) is 17.0. The first-order valence-electron chi connectivity index (χ1n) is 9.15. The molecule has 4 aromatic rings. The minimum absolute atomic E-state index is 0.125. The van der Waals surface area contributed by atoms with E-state index in [1.54, 1.807) is 24.3 Å². The van der Waals surface area contributed by atoms with Crippen molar-refractivity contribution in [3.8, 4) is 11.3 Å². The van der Waals surface area contributed by atoms with Crippen LogP contribution in [0.2, 0.25) is 0 Å².